The molecule has 0 aliphatic carbocycles. The van der Waals surface area contributed by atoms with Crippen molar-refractivity contribution in [2.45, 2.75) is 0 Å². The lowest BCUT2D eigenvalue weighted by Gasteiger charge is -2.00. The smallest absolute Gasteiger partial charge is 0.194 e. The summed E-state index contributed by atoms with van der Waals surface area (Å²) in [5, 5.41) is 25.1. The fraction of sp³-hybridized carbons (Fsp3) is 0. The van der Waals surface area contributed by atoms with E-state index < -0.39 is 0 Å². The fourth-order valence-corrected chi connectivity index (χ4v) is 10.7. The minimum Gasteiger partial charge on any atom is -0.289 e. The number of hydrogen-bond acceptors (Lipinski definition) is 4. The summed E-state index contributed by atoms with van der Waals surface area (Å²) in [5.41, 5.74) is 0.657. The van der Waals surface area contributed by atoms with Crippen LogP contribution >= 0.6 is 0 Å². The molecule has 0 fully saturated rings. The molecule has 16 aromatic rings. The third kappa shape index (κ3) is 4.99. The number of benzene rings is 12. The largest absolute Gasteiger partial charge is 0.289 e. The molecule has 0 aliphatic rings. The van der Waals surface area contributed by atoms with E-state index in [4.69, 9.17) is 0 Å². The van der Waals surface area contributed by atoms with Crippen molar-refractivity contribution in [2.75, 3.05) is 0 Å². The molecule has 296 valence electrons. The van der Waals surface area contributed by atoms with Crippen molar-refractivity contribution in [3.05, 3.63) is 235 Å². The summed E-state index contributed by atoms with van der Waals surface area (Å²) in [5.74, 6) is 0. The van der Waals surface area contributed by atoms with Gasteiger partial charge in [0.1, 0.15) is 0 Å². The monoisotopic (exact) mass is 816 g/mol. The van der Waals surface area contributed by atoms with Gasteiger partial charge in [0.05, 0.1) is 0 Å². The highest BCUT2D eigenvalue weighted by atomic mass is 16.1. The van der Waals surface area contributed by atoms with E-state index in [9.17, 15) is 19.2 Å². The SMILES string of the molecule is O=c1c2cccc3ccc4cccc1c4c32.O=c1c2cccc3ccc4cccc1c4c32.O=c1c2cccc3ccc4cccc1c4c32.O=c1c2cccc3ccc4cccc1c4c32. The van der Waals surface area contributed by atoms with E-state index in [1.54, 1.807) is 0 Å². The zero-order valence-corrected chi connectivity index (χ0v) is 34.1. The standard InChI is InChI=1S/4C15H8O/c4*16-15-11-5-1-3-9-7-8-10-4-2-6-12(15)14(10)13(9)11/h4*1-8H. The highest BCUT2D eigenvalue weighted by Crippen LogP contribution is 2.36. The Hall–Kier alpha value is -8.60. The van der Waals surface area contributed by atoms with E-state index in [0.29, 0.717) is 0 Å². The van der Waals surface area contributed by atoms with Gasteiger partial charge in [-0.3, -0.25) is 19.2 Å². The molecule has 16 aromatic carbocycles. The van der Waals surface area contributed by atoms with Crippen molar-refractivity contribution in [1.82, 2.24) is 0 Å². The fourth-order valence-electron chi connectivity index (χ4n) is 10.7. The van der Waals surface area contributed by atoms with Crippen molar-refractivity contribution >= 4 is 129 Å². The van der Waals surface area contributed by atoms with Crippen molar-refractivity contribution in [3.8, 4) is 0 Å². The summed E-state index contributed by atoms with van der Waals surface area (Å²) in [7, 11) is 0. The molecule has 0 aliphatic heterocycles. The molecule has 0 atom stereocenters. The van der Waals surface area contributed by atoms with Gasteiger partial charge in [-0.15, -0.1) is 0 Å². The zero-order valence-electron chi connectivity index (χ0n) is 34.1. The molecule has 0 bridgehead atoms. The van der Waals surface area contributed by atoms with E-state index in [0.717, 1.165) is 129 Å². The van der Waals surface area contributed by atoms with Crippen LogP contribution in [0.3, 0.4) is 0 Å². The van der Waals surface area contributed by atoms with Crippen LogP contribution in [0.1, 0.15) is 0 Å². The Morgan fingerprint density at radius 1 is 0.156 bits per heavy atom. The average Bonchev–Trinajstić information content (AvgIpc) is 4.04. The molecule has 4 nitrogen and oxygen atoms in total. The first-order valence-electron chi connectivity index (χ1n) is 21.4. The van der Waals surface area contributed by atoms with Crippen LogP contribution in [0.25, 0.3) is 129 Å². The summed E-state index contributed by atoms with van der Waals surface area (Å²) in [4.78, 5) is 48.8. The second-order valence-corrected chi connectivity index (χ2v) is 16.8. The molecular weight excluding hydrogens is 785 g/mol. The minimum absolute atomic E-state index is 0.164. The van der Waals surface area contributed by atoms with Gasteiger partial charge in [0, 0.05) is 86.2 Å². The Balaban J connectivity index is 0.0000000860. The normalized spacial score (nSPS) is 12.0. The Bertz CT molecular complexity index is 3760. The van der Waals surface area contributed by atoms with E-state index in [1.165, 1.54) is 0 Å². The van der Waals surface area contributed by atoms with Gasteiger partial charge in [-0.25, -0.2) is 0 Å². The highest BCUT2D eigenvalue weighted by molar-refractivity contribution is 6.28. The topological polar surface area (TPSA) is 68.3 Å². The van der Waals surface area contributed by atoms with Gasteiger partial charge < -0.3 is 0 Å². The van der Waals surface area contributed by atoms with Crippen molar-refractivity contribution in [2.24, 2.45) is 0 Å². The summed E-state index contributed by atoms with van der Waals surface area (Å²) in [6.07, 6.45) is 0. The highest BCUT2D eigenvalue weighted by Gasteiger charge is 2.17. The molecule has 0 amide bonds. The van der Waals surface area contributed by atoms with Crippen LogP contribution in [-0.2, 0) is 0 Å². The maximum absolute atomic E-state index is 12.2. The molecule has 0 saturated heterocycles. The first kappa shape index (κ1) is 36.1. The minimum atomic E-state index is 0.164. The quantitative estimate of drug-likeness (QED) is 0.143. The first-order chi connectivity index (χ1) is 31.4. The third-order valence-corrected chi connectivity index (χ3v) is 13.5. The Morgan fingerprint density at radius 2 is 0.281 bits per heavy atom. The first-order valence-corrected chi connectivity index (χ1v) is 21.4. The van der Waals surface area contributed by atoms with E-state index in [1.807, 2.05) is 97.1 Å². The van der Waals surface area contributed by atoms with E-state index in [2.05, 4.69) is 97.1 Å². The van der Waals surface area contributed by atoms with Crippen molar-refractivity contribution < 1.29 is 0 Å². The maximum Gasteiger partial charge on any atom is 0.194 e. The van der Waals surface area contributed by atoms with E-state index >= 15 is 0 Å². The van der Waals surface area contributed by atoms with Crippen LogP contribution in [0.4, 0.5) is 0 Å². The molecule has 64 heavy (non-hydrogen) atoms. The van der Waals surface area contributed by atoms with Crippen LogP contribution < -0.4 is 21.7 Å². The third-order valence-electron chi connectivity index (χ3n) is 13.5. The number of hydrogen-bond donors (Lipinski definition) is 0. The number of rotatable bonds is 0. The molecule has 0 aromatic heterocycles. The summed E-state index contributed by atoms with van der Waals surface area (Å²) in [6, 6.07) is 64.2. The molecule has 16 rings (SSSR count). The van der Waals surface area contributed by atoms with Crippen LogP contribution in [0.2, 0.25) is 0 Å². The Kier molecular flexibility index (Phi) is 7.58. The van der Waals surface area contributed by atoms with Gasteiger partial charge in [0.25, 0.3) is 0 Å². The molecule has 0 saturated carbocycles. The molecule has 0 radical (unpaired) electrons. The van der Waals surface area contributed by atoms with Gasteiger partial charge in [-0.2, -0.15) is 0 Å². The molecular formula is C60H32O4. The average molecular weight is 817 g/mol. The second kappa shape index (κ2) is 13.4. The van der Waals surface area contributed by atoms with Gasteiger partial charge in [-0.1, -0.05) is 194 Å². The Labute approximate surface area is 362 Å². The van der Waals surface area contributed by atoms with Gasteiger partial charge in [0.2, 0.25) is 0 Å². The maximum atomic E-state index is 12.2. The predicted octanol–water partition coefficient (Wildman–Crippen LogP) is 13.5. The predicted molar refractivity (Wildman–Crippen MR) is 270 cm³/mol. The van der Waals surface area contributed by atoms with E-state index in [-0.39, 0.29) is 21.7 Å². The van der Waals surface area contributed by atoms with Crippen molar-refractivity contribution in [3.63, 3.8) is 0 Å². The van der Waals surface area contributed by atoms with Gasteiger partial charge in [-0.05, 0) is 43.1 Å². The lowest BCUT2D eigenvalue weighted by molar-refractivity contribution is 1.82. The second-order valence-electron chi connectivity index (χ2n) is 16.8. The molecule has 4 heteroatoms. The summed E-state index contributed by atoms with van der Waals surface area (Å²) >= 11 is 0. The molecule has 0 unspecified atom stereocenters. The van der Waals surface area contributed by atoms with Crippen LogP contribution in [0.15, 0.2) is 213 Å². The van der Waals surface area contributed by atoms with Crippen LogP contribution in [0.5, 0.6) is 0 Å². The lowest BCUT2D eigenvalue weighted by Crippen LogP contribution is -1.92. The van der Waals surface area contributed by atoms with Gasteiger partial charge in [0.15, 0.2) is 21.7 Å². The summed E-state index contributed by atoms with van der Waals surface area (Å²) in [6.45, 7) is 0. The lowest BCUT2D eigenvalue weighted by atomic mass is 10.0. The molecule has 0 heterocycles. The van der Waals surface area contributed by atoms with Crippen LogP contribution in [0, 0.1) is 0 Å². The van der Waals surface area contributed by atoms with Crippen LogP contribution in [-0.4, -0.2) is 0 Å². The van der Waals surface area contributed by atoms with Gasteiger partial charge >= 0.3 is 0 Å². The Morgan fingerprint density at radius 3 is 0.406 bits per heavy atom. The zero-order chi connectivity index (χ0) is 42.8. The van der Waals surface area contributed by atoms with Crippen molar-refractivity contribution in [1.29, 1.82) is 0 Å². The molecule has 0 N–H and O–H groups in total. The molecule has 0 spiro atoms. The summed E-state index contributed by atoms with van der Waals surface area (Å²) < 4.78 is 0.